The van der Waals surface area contributed by atoms with Gasteiger partial charge in [0, 0.05) is 4.47 Å². The standard InChI is InChI=1S/C18H15BrN4O3/c19-13-8-6-12(7-9-13)10-16(25)20-21-18(26)17-15(24)11-23(22-17)14-4-2-1-3-5-14/h1-9,11,24H,10H2,(H,20,25)(H,21,26). The first-order valence-corrected chi connectivity index (χ1v) is 8.50. The van der Waals surface area contributed by atoms with E-state index in [0.717, 1.165) is 10.0 Å². The Morgan fingerprint density at radius 1 is 1.04 bits per heavy atom. The third-order valence-corrected chi connectivity index (χ3v) is 4.05. The maximum atomic E-state index is 12.1. The van der Waals surface area contributed by atoms with E-state index < -0.39 is 5.91 Å². The number of hydrogen-bond donors (Lipinski definition) is 3. The summed E-state index contributed by atoms with van der Waals surface area (Å²) < 4.78 is 2.30. The van der Waals surface area contributed by atoms with Crippen molar-refractivity contribution < 1.29 is 14.7 Å². The Morgan fingerprint density at radius 2 is 1.73 bits per heavy atom. The van der Waals surface area contributed by atoms with Crippen LogP contribution in [0.4, 0.5) is 0 Å². The Bertz CT molecular complexity index is 923. The molecule has 2 amide bonds. The van der Waals surface area contributed by atoms with Crippen molar-refractivity contribution in [2.24, 2.45) is 0 Å². The maximum absolute atomic E-state index is 12.1. The summed E-state index contributed by atoms with van der Waals surface area (Å²) in [6.07, 6.45) is 1.44. The molecular formula is C18H15BrN4O3. The smallest absolute Gasteiger partial charge is 0.294 e. The molecule has 2 aromatic carbocycles. The van der Waals surface area contributed by atoms with Gasteiger partial charge >= 0.3 is 0 Å². The zero-order valence-electron chi connectivity index (χ0n) is 13.5. The molecule has 3 rings (SSSR count). The number of nitrogens with one attached hydrogen (secondary N) is 2. The monoisotopic (exact) mass is 414 g/mol. The average molecular weight is 415 g/mol. The van der Waals surface area contributed by atoms with Crippen LogP contribution in [0, 0.1) is 0 Å². The summed E-state index contributed by atoms with van der Waals surface area (Å²) in [5.74, 6) is -1.38. The van der Waals surface area contributed by atoms with E-state index >= 15 is 0 Å². The Morgan fingerprint density at radius 3 is 2.42 bits per heavy atom. The quantitative estimate of drug-likeness (QED) is 0.570. The van der Waals surface area contributed by atoms with Gasteiger partial charge in [0.05, 0.1) is 18.3 Å². The highest BCUT2D eigenvalue weighted by atomic mass is 79.9. The molecule has 0 aliphatic heterocycles. The molecule has 1 heterocycles. The highest BCUT2D eigenvalue weighted by molar-refractivity contribution is 9.10. The second kappa shape index (κ2) is 7.83. The van der Waals surface area contributed by atoms with Gasteiger partial charge in [-0.15, -0.1) is 0 Å². The third-order valence-electron chi connectivity index (χ3n) is 3.52. The molecular weight excluding hydrogens is 400 g/mol. The van der Waals surface area contributed by atoms with Crippen molar-refractivity contribution in [1.29, 1.82) is 0 Å². The summed E-state index contributed by atoms with van der Waals surface area (Å²) in [6, 6.07) is 16.3. The number of carbonyl (C=O) groups excluding carboxylic acids is 2. The van der Waals surface area contributed by atoms with Crippen molar-refractivity contribution in [2.75, 3.05) is 0 Å². The Kier molecular flexibility index (Phi) is 5.33. The molecule has 0 saturated carbocycles. The molecule has 8 heteroatoms. The van der Waals surface area contributed by atoms with E-state index in [1.165, 1.54) is 10.9 Å². The van der Waals surface area contributed by atoms with E-state index in [4.69, 9.17) is 0 Å². The van der Waals surface area contributed by atoms with Gasteiger partial charge in [0.2, 0.25) is 5.91 Å². The average Bonchev–Trinajstić information content (AvgIpc) is 3.04. The van der Waals surface area contributed by atoms with E-state index in [0.29, 0.717) is 5.69 Å². The first-order chi connectivity index (χ1) is 12.5. The van der Waals surface area contributed by atoms with E-state index in [1.807, 2.05) is 30.3 Å². The van der Waals surface area contributed by atoms with Crippen LogP contribution in [0.5, 0.6) is 5.75 Å². The molecule has 0 saturated heterocycles. The number of hydrazine groups is 1. The summed E-state index contributed by atoms with van der Waals surface area (Å²) in [6.45, 7) is 0. The lowest BCUT2D eigenvalue weighted by molar-refractivity contribution is -0.121. The van der Waals surface area contributed by atoms with E-state index in [9.17, 15) is 14.7 Å². The predicted molar refractivity (Wildman–Crippen MR) is 98.7 cm³/mol. The fourth-order valence-electron chi connectivity index (χ4n) is 2.26. The molecule has 0 bridgehead atoms. The fraction of sp³-hybridized carbons (Fsp3) is 0.0556. The third kappa shape index (κ3) is 4.28. The minimum absolute atomic E-state index is 0.109. The second-order valence-electron chi connectivity index (χ2n) is 5.45. The molecule has 0 atom stereocenters. The lowest BCUT2D eigenvalue weighted by Crippen LogP contribution is -2.42. The first-order valence-electron chi connectivity index (χ1n) is 7.70. The molecule has 0 aliphatic rings. The molecule has 0 fully saturated rings. The summed E-state index contributed by atoms with van der Waals surface area (Å²) in [4.78, 5) is 24.1. The molecule has 0 radical (unpaired) electrons. The van der Waals surface area contributed by atoms with Crippen LogP contribution in [0.1, 0.15) is 16.1 Å². The fourth-order valence-corrected chi connectivity index (χ4v) is 2.52. The van der Waals surface area contributed by atoms with Crippen molar-refractivity contribution in [3.63, 3.8) is 0 Å². The van der Waals surface area contributed by atoms with Crippen molar-refractivity contribution in [1.82, 2.24) is 20.6 Å². The van der Waals surface area contributed by atoms with Crippen LogP contribution in [-0.2, 0) is 11.2 Å². The van der Waals surface area contributed by atoms with Crippen molar-refractivity contribution >= 4 is 27.7 Å². The Hall–Kier alpha value is -3.13. The second-order valence-corrected chi connectivity index (χ2v) is 6.36. The van der Waals surface area contributed by atoms with Crippen LogP contribution >= 0.6 is 15.9 Å². The normalized spacial score (nSPS) is 10.3. The SMILES string of the molecule is O=C(Cc1ccc(Br)cc1)NNC(=O)c1nn(-c2ccccc2)cc1O. The number of aromatic hydroxyl groups is 1. The number of halogens is 1. The molecule has 0 aliphatic carbocycles. The Balaban J connectivity index is 1.60. The molecule has 1 aromatic heterocycles. The van der Waals surface area contributed by atoms with Crippen LogP contribution in [0.2, 0.25) is 0 Å². The van der Waals surface area contributed by atoms with Gasteiger partial charge < -0.3 is 5.11 Å². The lowest BCUT2D eigenvalue weighted by atomic mass is 10.1. The van der Waals surface area contributed by atoms with Crippen LogP contribution in [-0.4, -0.2) is 26.7 Å². The van der Waals surface area contributed by atoms with Gasteiger partial charge in [-0.1, -0.05) is 46.3 Å². The van der Waals surface area contributed by atoms with Crippen molar-refractivity contribution in [3.8, 4) is 11.4 Å². The number of hydrogen-bond acceptors (Lipinski definition) is 4. The van der Waals surface area contributed by atoms with Gasteiger partial charge in [0.1, 0.15) is 0 Å². The van der Waals surface area contributed by atoms with Gasteiger partial charge in [0.15, 0.2) is 11.4 Å². The van der Waals surface area contributed by atoms with Gasteiger partial charge in [0.25, 0.3) is 5.91 Å². The molecule has 132 valence electrons. The highest BCUT2D eigenvalue weighted by Crippen LogP contribution is 2.17. The summed E-state index contributed by atoms with van der Waals surface area (Å²) >= 11 is 3.32. The number of aromatic nitrogens is 2. The minimum Gasteiger partial charge on any atom is -0.504 e. The topological polar surface area (TPSA) is 96.3 Å². The minimum atomic E-state index is -0.707. The van der Waals surface area contributed by atoms with Gasteiger partial charge in [-0.3, -0.25) is 20.4 Å². The number of rotatable bonds is 4. The van der Waals surface area contributed by atoms with Gasteiger partial charge in [-0.2, -0.15) is 5.10 Å². The van der Waals surface area contributed by atoms with Crippen LogP contribution in [0.3, 0.4) is 0 Å². The molecule has 26 heavy (non-hydrogen) atoms. The lowest BCUT2D eigenvalue weighted by Gasteiger charge is -2.06. The highest BCUT2D eigenvalue weighted by Gasteiger charge is 2.17. The van der Waals surface area contributed by atoms with Crippen LogP contribution < -0.4 is 10.9 Å². The maximum Gasteiger partial charge on any atom is 0.294 e. The van der Waals surface area contributed by atoms with Crippen LogP contribution in [0.15, 0.2) is 65.3 Å². The van der Waals surface area contributed by atoms with E-state index in [-0.39, 0.29) is 23.8 Å². The van der Waals surface area contributed by atoms with Gasteiger partial charge in [-0.25, -0.2) is 4.68 Å². The number of amides is 2. The molecule has 0 unspecified atom stereocenters. The first kappa shape index (κ1) is 17.7. The summed E-state index contributed by atoms with van der Waals surface area (Å²) in [5, 5.41) is 14.0. The molecule has 3 aromatic rings. The Labute approximate surface area is 157 Å². The predicted octanol–water partition coefficient (Wildman–Crippen LogP) is 2.34. The van der Waals surface area contributed by atoms with Crippen molar-refractivity contribution in [3.05, 3.63) is 76.5 Å². The molecule has 0 spiro atoms. The zero-order chi connectivity index (χ0) is 18.5. The number of para-hydroxylation sites is 1. The summed E-state index contributed by atoms with van der Waals surface area (Å²) in [5.41, 5.74) is 5.88. The van der Waals surface area contributed by atoms with E-state index in [2.05, 4.69) is 31.9 Å². The van der Waals surface area contributed by atoms with Crippen molar-refractivity contribution in [2.45, 2.75) is 6.42 Å². The van der Waals surface area contributed by atoms with E-state index in [1.54, 1.807) is 24.3 Å². The number of nitrogens with zero attached hydrogens (tertiary/aromatic N) is 2. The zero-order valence-corrected chi connectivity index (χ0v) is 15.1. The largest absolute Gasteiger partial charge is 0.504 e. The van der Waals surface area contributed by atoms with Gasteiger partial charge in [-0.05, 0) is 29.8 Å². The van der Waals surface area contributed by atoms with Crippen LogP contribution in [0.25, 0.3) is 5.69 Å². The molecule has 3 N–H and O–H groups in total. The molecule has 7 nitrogen and oxygen atoms in total. The number of carbonyl (C=O) groups is 2. The number of benzene rings is 2. The summed E-state index contributed by atoms with van der Waals surface area (Å²) in [7, 11) is 0.